The van der Waals surface area contributed by atoms with Gasteiger partial charge in [-0.1, -0.05) is 11.3 Å². The largest absolute Gasteiger partial charge is 0.454 e. The van der Waals surface area contributed by atoms with E-state index in [0.29, 0.717) is 31.6 Å². The maximum Gasteiger partial charge on any atom is 0.326 e. The summed E-state index contributed by atoms with van der Waals surface area (Å²) in [7, 11) is 0. The first kappa shape index (κ1) is 17.2. The number of thiazole rings is 1. The molecule has 126 valence electrons. The average molecular weight is 341 g/mol. The van der Waals surface area contributed by atoms with Crippen molar-refractivity contribution in [1.82, 2.24) is 9.47 Å². The van der Waals surface area contributed by atoms with Crippen LogP contribution in [0.1, 0.15) is 18.5 Å². The maximum atomic E-state index is 12.0. The number of carbonyl (C=O) groups is 3. The minimum atomic E-state index is -0.631. The van der Waals surface area contributed by atoms with Gasteiger partial charge in [0.15, 0.2) is 6.61 Å². The van der Waals surface area contributed by atoms with Gasteiger partial charge in [-0.2, -0.15) is 0 Å². The van der Waals surface area contributed by atoms with Crippen LogP contribution in [0.3, 0.4) is 0 Å². The molecular weight excluding hydrogens is 322 g/mol. The van der Waals surface area contributed by atoms with Gasteiger partial charge in [0.25, 0.3) is 5.91 Å². The first-order valence-corrected chi connectivity index (χ1v) is 8.14. The van der Waals surface area contributed by atoms with E-state index in [9.17, 15) is 19.2 Å². The highest BCUT2D eigenvalue weighted by atomic mass is 32.1. The number of carbonyl (C=O) groups excluding carboxylic acids is 3. The molecule has 1 aliphatic rings. The third kappa shape index (κ3) is 4.41. The van der Waals surface area contributed by atoms with Crippen molar-refractivity contribution in [3.8, 4) is 0 Å². The third-order valence-corrected chi connectivity index (χ3v) is 4.75. The predicted molar refractivity (Wildman–Crippen MR) is 82.8 cm³/mol. The van der Waals surface area contributed by atoms with Gasteiger partial charge in [0.05, 0.1) is 0 Å². The van der Waals surface area contributed by atoms with Crippen molar-refractivity contribution in [3.05, 3.63) is 20.7 Å². The Morgan fingerprint density at radius 3 is 2.52 bits per heavy atom. The Kier molecular flexibility index (Phi) is 5.54. The maximum absolute atomic E-state index is 12.0. The molecule has 23 heavy (non-hydrogen) atoms. The molecule has 1 aromatic rings. The van der Waals surface area contributed by atoms with Crippen LogP contribution in [0.25, 0.3) is 0 Å². The molecule has 8 nitrogen and oxygen atoms in total. The standard InChI is InChI=1S/C14H19N3O5S/c1-9-8-23-14(21)17(9)6-12(19)22-7-11(18)16-4-2-10(3-5-16)13(15)20/h8,10H,2-7H2,1H3,(H2,15,20). The van der Waals surface area contributed by atoms with Gasteiger partial charge in [-0.15, -0.1) is 0 Å². The number of ether oxygens (including phenoxy) is 1. The molecule has 1 fully saturated rings. The number of primary amides is 1. The Hall–Kier alpha value is -2.16. The highest BCUT2D eigenvalue weighted by Crippen LogP contribution is 2.16. The van der Waals surface area contributed by atoms with E-state index in [4.69, 9.17) is 10.5 Å². The van der Waals surface area contributed by atoms with Crippen LogP contribution in [0.2, 0.25) is 0 Å². The second-order valence-corrected chi connectivity index (χ2v) is 6.27. The summed E-state index contributed by atoms with van der Waals surface area (Å²) in [5, 5.41) is 1.66. The fraction of sp³-hybridized carbons (Fsp3) is 0.571. The van der Waals surface area contributed by atoms with Crippen LogP contribution >= 0.6 is 11.3 Å². The lowest BCUT2D eigenvalue weighted by Crippen LogP contribution is -2.43. The zero-order valence-electron chi connectivity index (χ0n) is 12.8. The Morgan fingerprint density at radius 1 is 1.35 bits per heavy atom. The van der Waals surface area contributed by atoms with Crippen molar-refractivity contribution in [2.24, 2.45) is 11.7 Å². The number of rotatable bonds is 5. The summed E-state index contributed by atoms with van der Waals surface area (Å²) < 4.78 is 6.24. The summed E-state index contributed by atoms with van der Waals surface area (Å²) in [4.78, 5) is 47.6. The molecule has 0 radical (unpaired) electrons. The van der Waals surface area contributed by atoms with E-state index in [2.05, 4.69) is 0 Å². The van der Waals surface area contributed by atoms with E-state index < -0.39 is 5.97 Å². The molecule has 0 spiro atoms. The molecular formula is C14H19N3O5S. The van der Waals surface area contributed by atoms with E-state index in [0.717, 1.165) is 11.3 Å². The van der Waals surface area contributed by atoms with Crippen molar-refractivity contribution in [2.75, 3.05) is 19.7 Å². The molecule has 2 N–H and O–H groups in total. The molecule has 2 heterocycles. The predicted octanol–water partition coefficient (Wildman–Crippen LogP) is -0.515. The lowest BCUT2D eigenvalue weighted by molar-refractivity contribution is -0.153. The van der Waals surface area contributed by atoms with E-state index in [1.165, 1.54) is 4.57 Å². The summed E-state index contributed by atoms with van der Waals surface area (Å²) in [6.07, 6.45) is 1.05. The van der Waals surface area contributed by atoms with Crippen LogP contribution in [-0.2, 0) is 25.7 Å². The van der Waals surface area contributed by atoms with E-state index in [1.807, 2.05) is 0 Å². The molecule has 0 bridgehead atoms. The molecule has 0 aromatic carbocycles. The molecule has 2 amide bonds. The number of amides is 2. The fourth-order valence-electron chi connectivity index (χ4n) is 2.42. The first-order chi connectivity index (χ1) is 10.9. The summed E-state index contributed by atoms with van der Waals surface area (Å²) in [5.41, 5.74) is 5.91. The minimum Gasteiger partial charge on any atom is -0.454 e. The van der Waals surface area contributed by atoms with Gasteiger partial charge >= 0.3 is 10.8 Å². The SMILES string of the molecule is Cc1csc(=O)n1CC(=O)OCC(=O)N1CCC(C(N)=O)CC1. The Balaban J connectivity index is 1.77. The Labute approximate surface area is 136 Å². The zero-order valence-corrected chi connectivity index (χ0v) is 13.6. The molecule has 1 saturated heterocycles. The summed E-state index contributed by atoms with van der Waals surface area (Å²) >= 11 is 1.01. The lowest BCUT2D eigenvalue weighted by Gasteiger charge is -2.30. The van der Waals surface area contributed by atoms with Crippen molar-refractivity contribution in [3.63, 3.8) is 0 Å². The van der Waals surface area contributed by atoms with Crippen LogP contribution in [0, 0.1) is 12.8 Å². The van der Waals surface area contributed by atoms with Crippen LogP contribution in [-0.4, -0.2) is 46.9 Å². The van der Waals surface area contributed by atoms with Crippen LogP contribution in [0.5, 0.6) is 0 Å². The van der Waals surface area contributed by atoms with Crippen molar-refractivity contribution in [1.29, 1.82) is 0 Å². The third-order valence-electron chi connectivity index (χ3n) is 3.87. The van der Waals surface area contributed by atoms with Crippen LogP contribution < -0.4 is 10.6 Å². The molecule has 0 saturated carbocycles. The second-order valence-electron chi connectivity index (χ2n) is 5.45. The van der Waals surface area contributed by atoms with Gasteiger partial charge in [-0.3, -0.25) is 23.7 Å². The van der Waals surface area contributed by atoms with Gasteiger partial charge in [0.1, 0.15) is 6.54 Å². The zero-order chi connectivity index (χ0) is 17.0. The van der Waals surface area contributed by atoms with Crippen molar-refractivity contribution < 1.29 is 19.1 Å². The number of likely N-dealkylation sites (tertiary alicyclic amines) is 1. The normalized spacial score (nSPS) is 15.4. The fourth-order valence-corrected chi connectivity index (χ4v) is 3.15. The molecule has 9 heteroatoms. The Morgan fingerprint density at radius 2 is 2.00 bits per heavy atom. The smallest absolute Gasteiger partial charge is 0.326 e. The number of hydrogen-bond donors (Lipinski definition) is 1. The molecule has 2 rings (SSSR count). The monoisotopic (exact) mass is 341 g/mol. The first-order valence-electron chi connectivity index (χ1n) is 7.26. The van der Waals surface area contributed by atoms with Gasteiger partial charge in [0, 0.05) is 30.1 Å². The molecule has 1 aromatic heterocycles. The Bertz CT molecular complexity index is 658. The highest BCUT2D eigenvalue weighted by molar-refractivity contribution is 7.07. The summed E-state index contributed by atoms with van der Waals surface area (Å²) in [6.45, 7) is 2.00. The number of esters is 1. The summed E-state index contributed by atoms with van der Waals surface area (Å²) in [5.74, 6) is -1.49. The van der Waals surface area contributed by atoms with E-state index in [1.54, 1.807) is 17.2 Å². The number of nitrogens with zero attached hydrogens (tertiary/aromatic N) is 2. The number of hydrogen-bond acceptors (Lipinski definition) is 6. The van der Waals surface area contributed by atoms with Gasteiger partial charge in [0.2, 0.25) is 5.91 Å². The van der Waals surface area contributed by atoms with E-state index >= 15 is 0 Å². The van der Waals surface area contributed by atoms with Crippen molar-refractivity contribution >= 4 is 29.1 Å². The van der Waals surface area contributed by atoms with Gasteiger partial charge in [-0.25, -0.2) is 0 Å². The van der Waals surface area contributed by atoms with Crippen LogP contribution in [0.15, 0.2) is 10.2 Å². The highest BCUT2D eigenvalue weighted by Gasteiger charge is 2.26. The van der Waals surface area contributed by atoms with Gasteiger partial charge < -0.3 is 15.4 Å². The average Bonchev–Trinajstić information content (AvgIpc) is 2.84. The topological polar surface area (TPSA) is 112 Å². The molecule has 0 unspecified atom stereocenters. The van der Waals surface area contributed by atoms with Crippen LogP contribution in [0.4, 0.5) is 0 Å². The van der Waals surface area contributed by atoms with Crippen molar-refractivity contribution in [2.45, 2.75) is 26.3 Å². The number of nitrogens with two attached hydrogens (primary N) is 1. The molecule has 0 atom stereocenters. The number of aromatic nitrogens is 1. The minimum absolute atomic E-state index is 0.199. The number of aryl methyl sites for hydroxylation is 1. The molecule has 1 aliphatic heterocycles. The molecule has 0 aliphatic carbocycles. The lowest BCUT2D eigenvalue weighted by atomic mass is 9.96. The summed E-state index contributed by atoms with van der Waals surface area (Å²) in [6, 6.07) is 0. The second kappa shape index (κ2) is 7.40. The van der Waals surface area contributed by atoms with Gasteiger partial charge in [-0.05, 0) is 19.8 Å². The van der Waals surface area contributed by atoms with E-state index in [-0.39, 0.29) is 35.8 Å². The quantitative estimate of drug-likeness (QED) is 0.725. The number of piperidine rings is 1.